The van der Waals surface area contributed by atoms with Gasteiger partial charge in [0.25, 0.3) is 0 Å². The molecule has 0 unspecified atom stereocenters. The van der Waals surface area contributed by atoms with Gasteiger partial charge >= 0.3 is 0 Å². The average molecular weight is 330 g/mol. The number of carbonyl (C=O) groups is 1. The summed E-state index contributed by atoms with van der Waals surface area (Å²) in [6, 6.07) is 13.8. The lowest BCUT2D eigenvalue weighted by Crippen LogP contribution is -2.06. The summed E-state index contributed by atoms with van der Waals surface area (Å²) in [5.41, 5.74) is 1.12. The van der Waals surface area contributed by atoms with Crippen LogP contribution in [-0.4, -0.2) is 31.7 Å². The summed E-state index contributed by atoms with van der Waals surface area (Å²) < 4.78 is 1.72. The number of carbonyl (C=O) groups excluding carboxylic acids is 1. The smallest absolute Gasteiger partial charge is 0.210 e. The molecule has 0 atom stereocenters. The molecule has 0 radical (unpaired) electrons. The molecule has 0 aliphatic heterocycles. The fourth-order valence-electron chi connectivity index (χ4n) is 1.94. The highest BCUT2D eigenvalue weighted by atomic mass is 32.2. The number of thioether (sulfide) groups is 1. The van der Waals surface area contributed by atoms with Gasteiger partial charge in [-0.25, -0.2) is 4.68 Å². The maximum atomic E-state index is 12.1. The van der Waals surface area contributed by atoms with Crippen molar-refractivity contribution in [2.45, 2.75) is 18.6 Å². The van der Waals surface area contributed by atoms with Crippen LogP contribution in [0.4, 0.5) is 0 Å². The maximum absolute atomic E-state index is 12.1. The van der Waals surface area contributed by atoms with E-state index >= 15 is 0 Å². The number of aryl methyl sites for hydroxylation is 1. The maximum Gasteiger partial charge on any atom is 0.210 e. The Labute approximate surface area is 136 Å². The molecule has 22 heavy (non-hydrogen) atoms. The van der Waals surface area contributed by atoms with E-state index < -0.39 is 0 Å². The third kappa shape index (κ3) is 3.61. The Morgan fingerprint density at radius 1 is 1.23 bits per heavy atom. The average Bonchev–Trinajstić information content (AvgIpc) is 3.15. The molecule has 1 aromatic carbocycles. The van der Waals surface area contributed by atoms with E-state index in [9.17, 15) is 4.79 Å². The van der Waals surface area contributed by atoms with E-state index in [2.05, 4.69) is 15.5 Å². The van der Waals surface area contributed by atoms with Crippen molar-refractivity contribution in [1.82, 2.24) is 20.2 Å². The van der Waals surface area contributed by atoms with Crippen molar-refractivity contribution in [1.29, 1.82) is 0 Å². The molecule has 0 amide bonds. The van der Waals surface area contributed by atoms with E-state index in [0.717, 1.165) is 15.3 Å². The van der Waals surface area contributed by atoms with Gasteiger partial charge in [0.05, 0.1) is 17.2 Å². The number of thiophene rings is 1. The minimum atomic E-state index is 0.109. The number of nitrogens with zero attached hydrogens (tertiary/aromatic N) is 4. The third-order valence-corrected chi connectivity index (χ3v) is 5.02. The van der Waals surface area contributed by atoms with Gasteiger partial charge in [0, 0.05) is 4.88 Å². The standard InChI is InChI=1S/C15H14N4OS2/c1-11-7-8-14(22-11)13(20)10-21-15-16-17-18-19(15)9-12-5-3-2-4-6-12/h2-8H,9-10H2,1H3. The SMILES string of the molecule is Cc1ccc(C(=O)CSc2nnnn2Cc2ccccc2)s1. The second-order valence-corrected chi connectivity index (χ2v) is 6.96. The molecule has 0 saturated heterocycles. The largest absolute Gasteiger partial charge is 0.292 e. The number of benzene rings is 1. The van der Waals surface area contributed by atoms with E-state index in [1.165, 1.54) is 23.1 Å². The number of hydrogen-bond donors (Lipinski definition) is 0. The van der Waals surface area contributed by atoms with Crippen LogP contribution in [0.3, 0.4) is 0 Å². The van der Waals surface area contributed by atoms with Crippen LogP contribution in [0.1, 0.15) is 20.1 Å². The molecule has 0 bridgehead atoms. The zero-order chi connectivity index (χ0) is 15.4. The molecule has 0 aliphatic rings. The number of ketones is 1. The van der Waals surface area contributed by atoms with Gasteiger partial charge in [-0.15, -0.1) is 16.4 Å². The minimum Gasteiger partial charge on any atom is -0.292 e. The van der Waals surface area contributed by atoms with Crippen molar-refractivity contribution in [3.63, 3.8) is 0 Å². The summed E-state index contributed by atoms with van der Waals surface area (Å²) in [6.07, 6.45) is 0. The van der Waals surface area contributed by atoms with Gasteiger partial charge in [-0.05, 0) is 35.0 Å². The van der Waals surface area contributed by atoms with Gasteiger partial charge in [0.15, 0.2) is 5.78 Å². The highest BCUT2D eigenvalue weighted by molar-refractivity contribution is 7.99. The van der Waals surface area contributed by atoms with Gasteiger partial charge in [0.1, 0.15) is 0 Å². The van der Waals surface area contributed by atoms with Gasteiger partial charge in [-0.3, -0.25) is 4.79 Å². The Kier molecular flexibility index (Phi) is 4.65. The molecule has 0 saturated carbocycles. The molecule has 3 rings (SSSR count). The van der Waals surface area contributed by atoms with Gasteiger partial charge in [-0.1, -0.05) is 42.1 Å². The third-order valence-electron chi connectivity index (χ3n) is 3.02. The van der Waals surface area contributed by atoms with Crippen molar-refractivity contribution in [3.05, 3.63) is 57.8 Å². The Bertz CT molecular complexity index is 767. The highest BCUT2D eigenvalue weighted by Gasteiger charge is 2.13. The summed E-state index contributed by atoms with van der Waals surface area (Å²) in [5, 5.41) is 12.4. The molecular weight excluding hydrogens is 316 g/mol. The zero-order valence-corrected chi connectivity index (χ0v) is 13.6. The molecule has 112 valence electrons. The van der Waals surface area contributed by atoms with Crippen molar-refractivity contribution in [2.75, 3.05) is 5.75 Å². The molecule has 0 fully saturated rings. The summed E-state index contributed by atoms with van der Waals surface area (Å²) in [6.45, 7) is 2.59. The summed E-state index contributed by atoms with van der Waals surface area (Å²) in [7, 11) is 0. The number of rotatable bonds is 6. The quantitative estimate of drug-likeness (QED) is 0.513. The summed E-state index contributed by atoms with van der Waals surface area (Å²) in [4.78, 5) is 14.1. The fourth-order valence-corrected chi connectivity index (χ4v) is 3.60. The van der Waals surface area contributed by atoms with Gasteiger partial charge in [-0.2, -0.15) is 0 Å². The number of hydrogen-bond acceptors (Lipinski definition) is 6. The van der Waals surface area contributed by atoms with Gasteiger partial charge in [0.2, 0.25) is 5.16 Å². The zero-order valence-electron chi connectivity index (χ0n) is 12.0. The molecule has 0 aliphatic carbocycles. The van der Waals surface area contributed by atoms with Crippen LogP contribution in [0.15, 0.2) is 47.6 Å². The highest BCUT2D eigenvalue weighted by Crippen LogP contribution is 2.21. The first kappa shape index (κ1) is 14.9. The molecule has 0 spiro atoms. The van der Waals surface area contributed by atoms with Crippen LogP contribution in [0.5, 0.6) is 0 Å². The van der Waals surface area contributed by atoms with E-state index in [1.807, 2.05) is 49.4 Å². The van der Waals surface area contributed by atoms with Crippen LogP contribution in [-0.2, 0) is 6.54 Å². The van der Waals surface area contributed by atoms with Crippen molar-refractivity contribution >= 4 is 28.9 Å². The van der Waals surface area contributed by atoms with Gasteiger partial charge < -0.3 is 0 Å². The number of Topliss-reactive ketones (excluding diaryl/α,β-unsaturated/α-hetero) is 1. The van der Waals surface area contributed by atoms with Crippen LogP contribution >= 0.6 is 23.1 Å². The first-order valence-corrected chi connectivity index (χ1v) is 8.55. The van der Waals surface area contributed by atoms with Crippen molar-refractivity contribution < 1.29 is 4.79 Å². The van der Waals surface area contributed by atoms with E-state index in [4.69, 9.17) is 0 Å². The lowest BCUT2D eigenvalue weighted by molar-refractivity contribution is 0.102. The fraction of sp³-hybridized carbons (Fsp3) is 0.200. The Hall–Kier alpha value is -1.99. The Morgan fingerprint density at radius 2 is 2.05 bits per heavy atom. The minimum absolute atomic E-state index is 0.109. The molecule has 0 N–H and O–H groups in total. The van der Waals surface area contributed by atoms with E-state index in [0.29, 0.717) is 17.5 Å². The molecule has 2 aromatic heterocycles. The lowest BCUT2D eigenvalue weighted by atomic mass is 10.2. The monoisotopic (exact) mass is 330 g/mol. The second-order valence-electron chi connectivity index (χ2n) is 4.73. The van der Waals surface area contributed by atoms with Crippen molar-refractivity contribution in [3.8, 4) is 0 Å². The number of tetrazole rings is 1. The summed E-state index contributed by atoms with van der Waals surface area (Å²) >= 11 is 2.89. The molecule has 5 nitrogen and oxygen atoms in total. The second kappa shape index (κ2) is 6.85. The predicted molar refractivity (Wildman–Crippen MR) is 87.5 cm³/mol. The lowest BCUT2D eigenvalue weighted by Gasteiger charge is -2.03. The normalized spacial score (nSPS) is 10.8. The predicted octanol–water partition coefficient (Wildman–Crippen LogP) is 3.07. The molecular formula is C15H14N4OS2. The van der Waals surface area contributed by atoms with Crippen molar-refractivity contribution in [2.24, 2.45) is 0 Å². The first-order chi connectivity index (χ1) is 10.7. The van der Waals surface area contributed by atoms with E-state index in [-0.39, 0.29) is 5.78 Å². The summed E-state index contributed by atoms with van der Waals surface area (Å²) in [5.74, 6) is 0.451. The first-order valence-electron chi connectivity index (χ1n) is 6.75. The van der Waals surface area contributed by atoms with Crippen LogP contribution in [0, 0.1) is 6.92 Å². The Morgan fingerprint density at radius 3 is 2.77 bits per heavy atom. The van der Waals surface area contributed by atoms with E-state index in [1.54, 1.807) is 4.68 Å². The Balaban J connectivity index is 1.64. The van der Waals surface area contributed by atoms with Crippen LogP contribution in [0.2, 0.25) is 0 Å². The topological polar surface area (TPSA) is 60.7 Å². The number of aromatic nitrogens is 4. The molecule has 7 heteroatoms. The molecule has 2 heterocycles. The van der Waals surface area contributed by atoms with Crippen LogP contribution in [0.25, 0.3) is 0 Å². The van der Waals surface area contributed by atoms with Crippen LogP contribution < -0.4 is 0 Å². The molecule has 3 aromatic rings.